The van der Waals surface area contributed by atoms with E-state index < -0.39 is 5.97 Å². The van der Waals surface area contributed by atoms with Crippen molar-refractivity contribution in [2.75, 3.05) is 13.1 Å². The van der Waals surface area contributed by atoms with E-state index in [1.807, 2.05) is 0 Å². The van der Waals surface area contributed by atoms with Crippen LogP contribution in [-0.2, 0) is 4.79 Å². The Kier molecular flexibility index (Phi) is 8.16. The largest absolute Gasteiger partial charge is 0.481 e. The van der Waals surface area contributed by atoms with Gasteiger partial charge in [0.25, 0.3) is 0 Å². The molecule has 5 heteroatoms. The summed E-state index contributed by atoms with van der Waals surface area (Å²) in [7, 11) is 0. The van der Waals surface area contributed by atoms with Crippen molar-refractivity contribution in [2.24, 2.45) is 17.8 Å². The first kappa shape index (κ1) is 17.8. The van der Waals surface area contributed by atoms with E-state index in [0.29, 0.717) is 19.0 Å². The molecule has 1 fully saturated rings. The molecule has 0 heterocycles. The second-order valence-electron chi connectivity index (χ2n) is 6.67. The molecular weight excluding hydrogens is 268 g/mol. The van der Waals surface area contributed by atoms with Crippen molar-refractivity contribution in [3.8, 4) is 0 Å². The number of hydrogen-bond acceptors (Lipinski definition) is 2. The number of hydrogen-bond donors (Lipinski definition) is 3. The van der Waals surface area contributed by atoms with Crippen LogP contribution in [0.5, 0.6) is 0 Å². The van der Waals surface area contributed by atoms with Gasteiger partial charge in [0, 0.05) is 19.5 Å². The number of urea groups is 1. The number of carboxylic acids is 1. The molecule has 122 valence electrons. The van der Waals surface area contributed by atoms with E-state index in [4.69, 9.17) is 5.11 Å². The van der Waals surface area contributed by atoms with E-state index in [0.717, 1.165) is 18.8 Å². The molecule has 3 N–H and O–H groups in total. The molecule has 5 nitrogen and oxygen atoms in total. The van der Waals surface area contributed by atoms with Gasteiger partial charge in [0.2, 0.25) is 0 Å². The SMILES string of the molecule is CC(C)CC(CNC(=O)NCCC1CCCC1)CC(=O)O. The maximum absolute atomic E-state index is 11.7. The summed E-state index contributed by atoms with van der Waals surface area (Å²) >= 11 is 0. The fraction of sp³-hybridized carbons (Fsp3) is 0.875. The van der Waals surface area contributed by atoms with Crippen molar-refractivity contribution in [3.63, 3.8) is 0 Å². The van der Waals surface area contributed by atoms with Gasteiger partial charge in [-0.25, -0.2) is 4.79 Å². The summed E-state index contributed by atoms with van der Waals surface area (Å²) in [5, 5.41) is 14.6. The summed E-state index contributed by atoms with van der Waals surface area (Å²) in [6.07, 6.45) is 7.20. The quantitative estimate of drug-likeness (QED) is 0.612. The van der Waals surface area contributed by atoms with Crippen LogP contribution in [0.3, 0.4) is 0 Å². The van der Waals surface area contributed by atoms with Crippen LogP contribution in [0.25, 0.3) is 0 Å². The van der Waals surface area contributed by atoms with Crippen LogP contribution in [0.1, 0.15) is 58.8 Å². The van der Waals surface area contributed by atoms with E-state index in [1.54, 1.807) is 0 Å². The molecule has 1 atom stereocenters. The van der Waals surface area contributed by atoms with Crippen LogP contribution in [0.15, 0.2) is 0 Å². The molecule has 1 rings (SSSR count). The van der Waals surface area contributed by atoms with Gasteiger partial charge in [0.05, 0.1) is 0 Å². The van der Waals surface area contributed by atoms with Crippen molar-refractivity contribution < 1.29 is 14.7 Å². The second kappa shape index (κ2) is 9.64. The zero-order chi connectivity index (χ0) is 15.7. The summed E-state index contributed by atoms with van der Waals surface area (Å²) in [4.78, 5) is 22.5. The van der Waals surface area contributed by atoms with Crippen molar-refractivity contribution in [3.05, 3.63) is 0 Å². The molecule has 0 aromatic heterocycles. The topological polar surface area (TPSA) is 78.4 Å². The average Bonchev–Trinajstić information content (AvgIpc) is 2.88. The molecule has 0 bridgehead atoms. The third-order valence-electron chi connectivity index (χ3n) is 4.13. The van der Waals surface area contributed by atoms with Crippen molar-refractivity contribution in [1.29, 1.82) is 0 Å². The van der Waals surface area contributed by atoms with Gasteiger partial charge in [-0.05, 0) is 30.6 Å². The molecule has 0 aromatic carbocycles. The maximum Gasteiger partial charge on any atom is 0.314 e. The minimum absolute atomic E-state index is 0.00285. The number of carbonyl (C=O) groups excluding carboxylic acids is 1. The first-order valence-electron chi connectivity index (χ1n) is 8.20. The predicted molar refractivity (Wildman–Crippen MR) is 83.2 cm³/mol. The lowest BCUT2D eigenvalue weighted by atomic mass is 9.94. The van der Waals surface area contributed by atoms with Crippen LogP contribution in [0.4, 0.5) is 4.79 Å². The standard InChI is InChI=1S/C16H30N2O3/c1-12(2)9-14(10-15(19)20)11-18-16(21)17-8-7-13-5-3-4-6-13/h12-14H,3-11H2,1-2H3,(H,19,20)(H2,17,18,21). The smallest absolute Gasteiger partial charge is 0.314 e. The van der Waals surface area contributed by atoms with Gasteiger partial charge in [0.15, 0.2) is 0 Å². The summed E-state index contributed by atoms with van der Waals surface area (Å²) < 4.78 is 0. The number of aliphatic carboxylic acids is 1. The molecule has 1 aliphatic rings. The zero-order valence-electron chi connectivity index (χ0n) is 13.4. The van der Waals surface area contributed by atoms with Crippen molar-refractivity contribution in [2.45, 2.75) is 58.8 Å². The first-order valence-corrected chi connectivity index (χ1v) is 8.20. The third-order valence-corrected chi connectivity index (χ3v) is 4.13. The van der Waals surface area contributed by atoms with E-state index in [9.17, 15) is 9.59 Å². The zero-order valence-corrected chi connectivity index (χ0v) is 13.4. The van der Waals surface area contributed by atoms with Gasteiger partial charge < -0.3 is 15.7 Å². The molecule has 0 radical (unpaired) electrons. The minimum Gasteiger partial charge on any atom is -0.481 e. The van der Waals surface area contributed by atoms with Gasteiger partial charge in [-0.1, -0.05) is 39.5 Å². The molecule has 2 amide bonds. The Hall–Kier alpha value is -1.26. The first-order chi connectivity index (χ1) is 9.97. The minimum atomic E-state index is -0.802. The molecule has 0 saturated heterocycles. The highest BCUT2D eigenvalue weighted by atomic mass is 16.4. The molecule has 1 saturated carbocycles. The van der Waals surface area contributed by atoms with Gasteiger partial charge in [-0.15, -0.1) is 0 Å². The second-order valence-corrected chi connectivity index (χ2v) is 6.67. The van der Waals surface area contributed by atoms with E-state index >= 15 is 0 Å². The van der Waals surface area contributed by atoms with Crippen LogP contribution < -0.4 is 10.6 Å². The lowest BCUT2D eigenvalue weighted by Crippen LogP contribution is -2.39. The lowest BCUT2D eigenvalue weighted by molar-refractivity contribution is -0.138. The summed E-state index contributed by atoms with van der Waals surface area (Å²) in [5.74, 6) is 0.403. The Morgan fingerprint density at radius 1 is 1.19 bits per heavy atom. The summed E-state index contributed by atoms with van der Waals surface area (Å²) in [6.45, 7) is 5.27. The van der Waals surface area contributed by atoms with Gasteiger partial charge in [-0.2, -0.15) is 0 Å². The van der Waals surface area contributed by atoms with Crippen LogP contribution in [-0.4, -0.2) is 30.2 Å². The fourth-order valence-electron chi connectivity index (χ4n) is 3.14. The van der Waals surface area contributed by atoms with Crippen LogP contribution in [0, 0.1) is 17.8 Å². The number of nitrogens with one attached hydrogen (secondary N) is 2. The molecular formula is C16H30N2O3. The Balaban J connectivity index is 2.17. The van der Waals surface area contributed by atoms with Gasteiger partial charge in [-0.3, -0.25) is 4.79 Å². The van der Waals surface area contributed by atoms with Gasteiger partial charge >= 0.3 is 12.0 Å². The summed E-state index contributed by atoms with van der Waals surface area (Å²) in [5.41, 5.74) is 0. The Labute approximate surface area is 127 Å². The monoisotopic (exact) mass is 298 g/mol. The van der Waals surface area contributed by atoms with Crippen LogP contribution in [0.2, 0.25) is 0 Å². The predicted octanol–water partition coefficient (Wildman–Crippen LogP) is 3.00. The highest BCUT2D eigenvalue weighted by Crippen LogP contribution is 2.26. The molecule has 0 aliphatic heterocycles. The number of carboxylic acid groups (broad SMARTS) is 1. The number of carbonyl (C=O) groups is 2. The molecule has 1 unspecified atom stereocenters. The van der Waals surface area contributed by atoms with Crippen molar-refractivity contribution >= 4 is 12.0 Å². The fourth-order valence-corrected chi connectivity index (χ4v) is 3.14. The lowest BCUT2D eigenvalue weighted by Gasteiger charge is -2.18. The van der Waals surface area contributed by atoms with E-state index in [-0.39, 0.29) is 18.4 Å². The normalized spacial score (nSPS) is 16.9. The Bertz CT molecular complexity index is 325. The number of amides is 2. The van der Waals surface area contributed by atoms with E-state index in [2.05, 4.69) is 24.5 Å². The van der Waals surface area contributed by atoms with Crippen molar-refractivity contribution in [1.82, 2.24) is 10.6 Å². The molecule has 0 aromatic rings. The number of rotatable bonds is 9. The average molecular weight is 298 g/mol. The van der Waals surface area contributed by atoms with E-state index in [1.165, 1.54) is 25.7 Å². The molecule has 1 aliphatic carbocycles. The highest BCUT2D eigenvalue weighted by Gasteiger charge is 2.17. The van der Waals surface area contributed by atoms with Gasteiger partial charge in [0.1, 0.15) is 0 Å². The Morgan fingerprint density at radius 3 is 2.43 bits per heavy atom. The molecule has 0 spiro atoms. The highest BCUT2D eigenvalue weighted by molar-refractivity contribution is 5.74. The third kappa shape index (κ3) is 8.58. The molecule has 21 heavy (non-hydrogen) atoms. The maximum atomic E-state index is 11.7. The van der Waals surface area contributed by atoms with Crippen LogP contribution >= 0.6 is 0 Å². The Morgan fingerprint density at radius 2 is 1.86 bits per heavy atom. The summed E-state index contributed by atoms with van der Waals surface area (Å²) in [6, 6.07) is -0.174.